The largest absolute Gasteiger partial charge is 0.393 e. The second-order valence-corrected chi connectivity index (χ2v) is 7.33. The van der Waals surface area contributed by atoms with E-state index in [2.05, 4.69) is 31.2 Å². The lowest BCUT2D eigenvalue weighted by molar-refractivity contribution is 0.145. The van der Waals surface area contributed by atoms with E-state index in [0.29, 0.717) is 6.04 Å². The quantitative estimate of drug-likeness (QED) is 0.836. The maximum absolute atomic E-state index is 9.72. The van der Waals surface area contributed by atoms with Gasteiger partial charge in [0.2, 0.25) is 0 Å². The van der Waals surface area contributed by atoms with E-state index in [1.807, 2.05) is 6.20 Å². The molecule has 2 fully saturated rings. The fraction of sp³-hybridized carbons (Fsp3) is 0.632. The van der Waals surface area contributed by atoms with Crippen LogP contribution >= 0.6 is 0 Å². The zero-order valence-corrected chi connectivity index (χ0v) is 14.7. The number of aliphatic hydroxyl groups is 1. The summed E-state index contributed by atoms with van der Waals surface area (Å²) >= 11 is 0. The minimum absolute atomic E-state index is 0.174. The van der Waals surface area contributed by atoms with Crippen molar-refractivity contribution in [3.05, 3.63) is 18.6 Å². The Morgan fingerprint density at radius 3 is 2.48 bits per heavy atom. The molecule has 25 heavy (non-hydrogen) atoms. The van der Waals surface area contributed by atoms with Gasteiger partial charge in [-0.15, -0.1) is 0 Å². The molecule has 134 valence electrons. The van der Waals surface area contributed by atoms with Gasteiger partial charge in [0.05, 0.1) is 17.8 Å². The van der Waals surface area contributed by atoms with E-state index in [1.54, 1.807) is 6.33 Å². The number of piperidine rings is 1. The highest BCUT2D eigenvalue weighted by Crippen LogP contribution is 2.27. The van der Waals surface area contributed by atoms with Crippen molar-refractivity contribution in [3.8, 4) is 0 Å². The van der Waals surface area contributed by atoms with Crippen LogP contribution < -0.4 is 10.2 Å². The van der Waals surface area contributed by atoms with Gasteiger partial charge in [-0.25, -0.2) is 15.0 Å². The molecule has 4 rings (SSSR count). The van der Waals surface area contributed by atoms with E-state index in [4.69, 9.17) is 0 Å². The zero-order valence-electron chi connectivity index (χ0n) is 14.7. The smallest absolute Gasteiger partial charge is 0.137 e. The molecule has 2 N–H and O–H groups in total. The molecule has 0 radical (unpaired) electrons. The molecule has 0 unspecified atom stereocenters. The second-order valence-electron chi connectivity index (χ2n) is 7.33. The van der Waals surface area contributed by atoms with E-state index in [-0.39, 0.29) is 6.10 Å². The van der Waals surface area contributed by atoms with Crippen LogP contribution in [-0.4, -0.2) is 45.3 Å². The van der Waals surface area contributed by atoms with Crippen LogP contribution in [0.25, 0.3) is 10.9 Å². The van der Waals surface area contributed by atoms with E-state index in [0.717, 1.165) is 48.5 Å². The maximum atomic E-state index is 9.72. The fourth-order valence-electron chi connectivity index (χ4n) is 3.95. The van der Waals surface area contributed by atoms with Crippen molar-refractivity contribution in [1.82, 2.24) is 15.0 Å². The summed E-state index contributed by atoms with van der Waals surface area (Å²) in [6.45, 7) is 1.69. The summed E-state index contributed by atoms with van der Waals surface area (Å²) in [6, 6.07) is 2.61. The SMILES string of the molecule is OC1CCN(c2cc3c(NC4CCCCCC4)ncnc3cn2)CC1. The van der Waals surface area contributed by atoms with Gasteiger partial charge in [-0.05, 0) is 31.7 Å². The molecule has 2 aliphatic rings. The predicted molar refractivity (Wildman–Crippen MR) is 99.9 cm³/mol. The molecular formula is C19H27N5O. The van der Waals surface area contributed by atoms with Crippen molar-refractivity contribution < 1.29 is 5.11 Å². The summed E-state index contributed by atoms with van der Waals surface area (Å²) < 4.78 is 0. The summed E-state index contributed by atoms with van der Waals surface area (Å²) in [5, 5.41) is 14.4. The van der Waals surface area contributed by atoms with Gasteiger partial charge >= 0.3 is 0 Å². The molecule has 0 aromatic carbocycles. The van der Waals surface area contributed by atoms with E-state index in [9.17, 15) is 5.11 Å². The topological polar surface area (TPSA) is 74.2 Å². The Morgan fingerprint density at radius 2 is 1.72 bits per heavy atom. The predicted octanol–water partition coefficient (Wildman–Crippen LogP) is 3.12. The summed E-state index contributed by atoms with van der Waals surface area (Å²) in [7, 11) is 0. The maximum Gasteiger partial charge on any atom is 0.137 e. The summed E-state index contributed by atoms with van der Waals surface area (Å²) in [6.07, 6.45) is 12.6. The third kappa shape index (κ3) is 3.84. The molecule has 2 aromatic heterocycles. The molecule has 6 nitrogen and oxygen atoms in total. The number of hydrogen-bond donors (Lipinski definition) is 2. The Kier molecular flexibility index (Phi) is 4.97. The molecule has 1 aliphatic heterocycles. The van der Waals surface area contributed by atoms with E-state index < -0.39 is 0 Å². The Labute approximate surface area is 148 Å². The number of aliphatic hydroxyl groups excluding tert-OH is 1. The number of nitrogens with zero attached hydrogens (tertiary/aromatic N) is 4. The van der Waals surface area contributed by atoms with Crippen LogP contribution in [0.2, 0.25) is 0 Å². The highest BCUT2D eigenvalue weighted by molar-refractivity contribution is 5.90. The number of nitrogens with one attached hydrogen (secondary N) is 1. The lowest BCUT2D eigenvalue weighted by atomic mass is 10.1. The molecule has 6 heteroatoms. The van der Waals surface area contributed by atoms with Crippen molar-refractivity contribution in [2.75, 3.05) is 23.3 Å². The van der Waals surface area contributed by atoms with Crippen LogP contribution in [0, 0.1) is 0 Å². The van der Waals surface area contributed by atoms with Crippen molar-refractivity contribution in [1.29, 1.82) is 0 Å². The highest BCUT2D eigenvalue weighted by atomic mass is 16.3. The van der Waals surface area contributed by atoms with Crippen LogP contribution in [0.5, 0.6) is 0 Å². The third-order valence-electron chi connectivity index (χ3n) is 5.49. The summed E-state index contributed by atoms with van der Waals surface area (Å²) in [5.74, 6) is 1.88. The standard InChI is InChI=1S/C19H27N5O/c25-15-7-9-24(10-8-15)18-11-16-17(12-20-18)21-13-22-19(16)23-14-5-3-1-2-4-6-14/h11-15,25H,1-10H2,(H,21,22,23). The van der Waals surface area contributed by atoms with Crippen LogP contribution in [0.4, 0.5) is 11.6 Å². The molecule has 1 saturated carbocycles. The van der Waals surface area contributed by atoms with E-state index >= 15 is 0 Å². The molecule has 0 spiro atoms. The molecule has 1 saturated heterocycles. The van der Waals surface area contributed by atoms with Crippen LogP contribution in [0.15, 0.2) is 18.6 Å². The van der Waals surface area contributed by atoms with Gasteiger partial charge in [0.1, 0.15) is 18.0 Å². The number of anilines is 2. The van der Waals surface area contributed by atoms with Gasteiger partial charge in [0, 0.05) is 24.5 Å². The lowest BCUT2D eigenvalue weighted by Gasteiger charge is -2.30. The van der Waals surface area contributed by atoms with Crippen LogP contribution in [-0.2, 0) is 0 Å². The number of aromatic nitrogens is 3. The Balaban J connectivity index is 1.59. The Bertz CT molecular complexity index is 706. The third-order valence-corrected chi connectivity index (χ3v) is 5.49. The molecule has 1 aliphatic carbocycles. The van der Waals surface area contributed by atoms with Gasteiger partial charge in [-0.2, -0.15) is 0 Å². The minimum Gasteiger partial charge on any atom is -0.393 e. The van der Waals surface area contributed by atoms with Crippen molar-refractivity contribution >= 4 is 22.5 Å². The molecule has 2 aromatic rings. The first-order chi connectivity index (χ1) is 12.3. The number of pyridine rings is 1. The van der Waals surface area contributed by atoms with Crippen molar-refractivity contribution in [3.63, 3.8) is 0 Å². The Morgan fingerprint density at radius 1 is 0.960 bits per heavy atom. The van der Waals surface area contributed by atoms with E-state index in [1.165, 1.54) is 38.5 Å². The first kappa shape index (κ1) is 16.5. The normalized spacial score (nSPS) is 20.6. The summed E-state index contributed by atoms with van der Waals surface area (Å²) in [4.78, 5) is 15.7. The van der Waals surface area contributed by atoms with Gasteiger partial charge in [0.15, 0.2) is 0 Å². The monoisotopic (exact) mass is 341 g/mol. The average Bonchev–Trinajstić information content (AvgIpc) is 2.91. The molecule has 0 atom stereocenters. The van der Waals surface area contributed by atoms with Crippen molar-refractivity contribution in [2.24, 2.45) is 0 Å². The fourth-order valence-corrected chi connectivity index (χ4v) is 3.95. The van der Waals surface area contributed by atoms with Gasteiger partial charge in [-0.1, -0.05) is 25.7 Å². The molecule has 0 amide bonds. The van der Waals surface area contributed by atoms with Crippen LogP contribution in [0.1, 0.15) is 51.4 Å². The first-order valence-corrected chi connectivity index (χ1v) is 9.60. The number of hydrogen-bond acceptors (Lipinski definition) is 6. The minimum atomic E-state index is -0.174. The average molecular weight is 341 g/mol. The molecule has 0 bridgehead atoms. The lowest BCUT2D eigenvalue weighted by Crippen LogP contribution is -2.36. The van der Waals surface area contributed by atoms with Gasteiger partial charge < -0.3 is 15.3 Å². The van der Waals surface area contributed by atoms with Crippen molar-refractivity contribution in [2.45, 2.75) is 63.5 Å². The highest BCUT2D eigenvalue weighted by Gasteiger charge is 2.19. The Hall–Kier alpha value is -1.95. The molecular weight excluding hydrogens is 314 g/mol. The number of fused-ring (bicyclic) bond motifs is 1. The zero-order chi connectivity index (χ0) is 17.1. The summed E-state index contributed by atoms with van der Waals surface area (Å²) in [5.41, 5.74) is 0.881. The molecule has 3 heterocycles. The first-order valence-electron chi connectivity index (χ1n) is 9.60. The second kappa shape index (κ2) is 7.52. The number of rotatable bonds is 3. The van der Waals surface area contributed by atoms with Gasteiger partial charge in [-0.3, -0.25) is 0 Å². The van der Waals surface area contributed by atoms with Gasteiger partial charge in [0.25, 0.3) is 0 Å². The van der Waals surface area contributed by atoms with Crippen LogP contribution in [0.3, 0.4) is 0 Å².